The summed E-state index contributed by atoms with van der Waals surface area (Å²) in [6.45, 7) is 1.88. The highest BCUT2D eigenvalue weighted by molar-refractivity contribution is 7.98. The molecule has 4 rings (SSSR count). The van der Waals surface area contributed by atoms with Crippen LogP contribution in [0.2, 0.25) is 0 Å². The van der Waals surface area contributed by atoms with Gasteiger partial charge in [0, 0.05) is 17.5 Å². The molecule has 0 amide bonds. The monoisotopic (exact) mass is 338 g/mol. The molecule has 0 fully saturated rings. The van der Waals surface area contributed by atoms with E-state index in [-0.39, 0.29) is 0 Å². The lowest BCUT2D eigenvalue weighted by molar-refractivity contribution is 0.393. The highest BCUT2D eigenvalue weighted by atomic mass is 32.2. The van der Waals surface area contributed by atoms with Gasteiger partial charge in [0.05, 0.1) is 12.0 Å². The van der Waals surface area contributed by atoms with Gasteiger partial charge >= 0.3 is 0 Å². The zero-order valence-electron chi connectivity index (χ0n) is 12.9. The number of thioether (sulfide) groups is 1. The Kier molecular flexibility index (Phi) is 3.92. The molecular weight excluding hydrogens is 324 g/mol. The molecule has 0 aliphatic carbocycles. The molecule has 0 atom stereocenters. The van der Waals surface area contributed by atoms with Gasteiger partial charge in [-0.05, 0) is 31.2 Å². The van der Waals surface area contributed by atoms with Gasteiger partial charge in [0.2, 0.25) is 5.82 Å². The summed E-state index contributed by atoms with van der Waals surface area (Å²) in [7, 11) is 0. The molecule has 0 unspecified atom stereocenters. The van der Waals surface area contributed by atoms with Crippen LogP contribution in [0.25, 0.3) is 17.3 Å². The quantitative estimate of drug-likeness (QED) is 0.510. The lowest BCUT2D eigenvalue weighted by Crippen LogP contribution is -1.99. The summed E-state index contributed by atoms with van der Waals surface area (Å²) in [6.07, 6.45) is 1.63. The average molecular weight is 338 g/mol. The van der Waals surface area contributed by atoms with Crippen molar-refractivity contribution in [3.63, 3.8) is 0 Å². The van der Waals surface area contributed by atoms with Crippen molar-refractivity contribution < 1.29 is 8.94 Å². The van der Waals surface area contributed by atoms with Gasteiger partial charge in [-0.1, -0.05) is 35.1 Å². The second kappa shape index (κ2) is 6.37. The summed E-state index contributed by atoms with van der Waals surface area (Å²) in [5, 5.41) is 13.4. The van der Waals surface area contributed by atoms with Gasteiger partial charge in [0.15, 0.2) is 10.9 Å². The molecule has 4 aromatic rings. The molecule has 1 aromatic carbocycles. The van der Waals surface area contributed by atoms with E-state index < -0.39 is 0 Å². The standard InChI is InChI=1S/C17H14N4O2S/c1-12-10-13(20-23-12)11-24-17-19-18-16(15-8-5-9-22-15)21(17)14-6-3-2-4-7-14/h2-10H,11H2,1H3. The summed E-state index contributed by atoms with van der Waals surface area (Å²) in [6, 6.07) is 15.6. The molecule has 120 valence electrons. The third-order valence-corrected chi connectivity index (χ3v) is 4.38. The number of rotatable bonds is 5. The van der Waals surface area contributed by atoms with Gasteiger partial charge in [-0.25, -0.2) is 0 Å². The van der Waals surface area contributed by atoms with Gasteiger partial charge in [-0.3, -0.25) is 4.57 Å². The van der Waals surface area contributed by atoms with Crippen molar-refractivity contribution in [2.24, 2.45) is 0 Å². The lowest BCUT2D eigenvalue weighted by atomic mass is 10.3. The van der Waals surface area contributed by atoms with Crippen LogP contribution in [-0.2, 0) is 5.75 Å². The predicted molar refractivity (Wildman–Crippen MR) is 89.9 cm³/mol. The molecule has 6 nitrogen and oxygen atoms in total. The SMILES string of the molecule is Cc1cc(CSc2nnc(-c3ccco3)n2-c2ccccc2)no1. The second-order valence-corrected chi connectivity index (χ2v) is 6.11. The number of benzene rings is 1. The maximum atomic E-state index is 5.50. The van der Waals surface area contributed by atoms with Gasteiger partial charge in [-0.15, -0.1) is 10.2 Å². The Bertz CT molecular complexity index is 929. The third kappa shape index (κ3) is 2.85. The van der Waals surface area contributed by atoms with Crippen molar-refractivity contribution in [2.45, 2.75) is 17.8 Å². The fourth-order valence-corrected chi connectivity index (χ4v) is 3.20. The van der Waals surface area contributed by atoms with Crippen molar-refractivity contribution in [3.8, 4) is 17.3 Å². The molecule has 0 spiro atoms. The fourth-order valence-electron chi connectivity index (χ4n) is 2.36. The number of aryl methyl sites for hydroxylation is 1. The van der Waals surface area contributed by atoms with Crippen LogP contribution < -0.4 is 0 Å². The first-order chi connectivity index (χ1) is 11.8. The van der Waals surface area contributed by atoms with Crippen LogP contribution in [0.1, 0.15) is 11.5 Å². The normalized spacial score (nSPS) is 11.0. The van der Waals surface area contributed by atoms with Crippen molar-refractivity contribution in [1.29, 1.82) is 0 Å². The lowest BCUT2D eigenvalue weighted by Gasteiger charge is -2.08. The topological polar surface area (TPSA) is 69.9 Å². The van der Waals surface area contributed by atoms with Crippen molar-refractivity contribution in [2.75, 3.05) is 0 Å². The summed E-state index contributed by atoms with van der Waals surface area (Å²) >= 11 is 1.55. The molecule has 0 N–H and O–H groups in total. The average Bonchev–Trinajstić information content (AvgIpc) is 3.34. The predicted octanol–water partition coefficient (Wildman–Crippen LogP) is 4.12. The Morgan fingerprint density at radius 3 is 2.67 bits per heavy atom. The van der Waals surface area contributed by atoms with Crippen LogP contribution in [0.15, 0.2) is 68.9 Å². The molecule has 3 aromatic heterocycles. The van der Waals surface area contributed by atoms with Crippen LogP contribution in [0.5, 0.6) is 0 Å². The number of furan rings is 1. The number of aromatic nitrogens is 4. The maximum absolute atomic E-state index is 5.50. The smallest absolute Gasteiger partial charge is 0.205 e. The summed E-state index contributed by atoms with van der Waals surface area (Å²) < 4.78 is 12.6. The molecule has 7 heteroatoms. The molecule has 0 saturated carbocycles. The Hall–Kier alpha value is -2.80. The number of hydrogen-bond acceptors (Lipinski definition) is 6. The first-order valence-electron chi connectivity index (χ1n) is 7.41. The van der Waals surface area contributed by atoms with Crippen molar-refractivity contribution in [3.05, 3.63) is 66.2 Å². The molecule has 24 heavy (non-hydrogen) atoms. The minimum absolute atomic E-state index is 0.653. The van der Waals surface area contributed by atoms with Gasteiger partial charge in [0.25, 0.3) is 0 Å². The van der Waals surface area contributed by atoms with Gasteiger partial charge in [0.1, 0.15) is 5.76 Å². The molecule has 0 aliphatic heterocycles. The van der Waals surface area contributed by atoms with E-state index in [1.54, 1.807) is 18.0 Å². The second-order valence-electron chi connectivity index (χ2n) is 5.17. The molecule has 3 heterocycles. The van der Waals surface area contributed by atoms with E-state index in [1.807, 2.05) is 60.0 Å². The van der Waals surface area contributed by atoms with Crippen LogP contribution in [-0.4, -0.2) is 19.9 Å². The Labute approximate surface area is 142 Å². The van der Waals surface area contributed by atoms with E-state index in [1.165, 1.54) is 0 Å². The molecule has 0 bridgehead atoms. The highest BCUT2D eigenvalue weighted by Gasteiger charge is 2.18. The molecular formula is C17H14N4O2S. The maximum Gasteiger partial charge on any atom is 0.205 e. The van der Waals surface area contributed by atoms with E-state index >= 15 is 0 Å². The van der Waals surface area contributed by atoms with Crippen molar-refractivity contribution in [1.82, 2.24) is 19.9 Å². The Morgan fingerprint density at radius 1 is 1.08 bits per heavy atom. The van der Waals surface area contributed by atoms with Crippen molar-refractivity contribution >= 4 is 11.8 Å². The molecule has 0 radical (unpaired) electrons. The Balaban J connectivity index is 1.71. The third-order valence-electron chi connectivity index (χ3n) is 3.42. The largest absolute Gasteiger partial charge is 0.461 e. The highest BCUT2D eigenvalue weighted by Crippen LogP contribution is 2.29. The number of hydrogen-bond donors (Lipinski definition) is 0. The van der Waals surface area contributed by atoms with E-state index in [0.29, 0.717) is 17.3 Å². The zero-order chi connectivity index (χ0) is 16.4. The number of para-hydroxylation sites is 1. The Morgan fingerprint density at radius 2 is 1.96 bits per heavy atom. The van der Waals surface area contributed by atoms with Crippen LogP contribution >= 0.6 is 11.8 Å². The summed E-state index contributed by atoms with van der Waals surface area (Å²) in [5.74, 6) is 2.80. The van der Waals surface area contributed by atoms with Crippen LogP contribution in [0.3, 0.4) is 0 Å². The number of nitrogens with zero attached hydrogens (tertiary/aromatic N) is 4. The first kappa shape index (κ1) is 14.8. The zero-order valence-corrected chi connectivity index (χ0v) is 13.7. The van der Waals surface area contributed by atoms with E-state index in [4.69, 9.17) is 8.94 Å². The van der Waals surface area contributed by atoms with Crippen LogP contribution in [0, 0.1) is 6.92 Å². The summed E-state index contributed by atoms with van der Waals surface area (Å²) in [4.78, 5) is 0. The van der Waals surface area contributed by atoms with E-state index in [2.05, 4.69) is 15.4 Å². The molecule has 0 aliphatic rings. The minimum atomic E-state index is 0.653. The van der Waals surface area contributed by atoms with E-state index in [9.17, 15) is 0 Å². The fraction of sp³-hybridized carbons (Fsp3) is 0.118. The molecule has 0 saturated heterocycles. The van der Waals surface area contributed by atoms with Gasteiger partial charge in [-0.2, -0.15) is 0 Å². The minimum Gasteiger partial charge on any atom is -0.461 e. The summed E-state index contributed by atoms with van der Waals surface area (Å²) in [5.41, 5.74) is 1.85. The van der Waals surface area contributed by atoms with Crippen LogP contribution in [0.4, 0.5) is 0 Å². The van der Waals surface area contributed by atoms with E-state index in [0.717, 1.165) is 22.3 Å². The van der Waals surface area contributed by atoms with Gasteiger partial charge < -0.3 is 8.94 Å². The first-order valence-corrected chi connectivity index (χ1v) is 8.39.